The molecule has 2 heterocycles. The molecule has 0 saturated carbocycles. The van der Waals surface area contributed by atoms with E-state index < -0.39 is 36.0 Å². The van der Waals surface area contributed by atoms with Gasteiger partial charge in [-0.15, -0.1) is 0 Å². The SMILES string of the molecule is CC(=O)N1C[C@H](c2ccc(OCc3ccc(Cl)c(Cl)c3)cc2)Oc2cc3c(cc21)CC(C(=O)N[C@@H](Cc1ccc(-c2ccc(C#N)cc2)cc1)C(=O)O)N(C(=O)c1ccccc1)C3. The minimum Gasteiger partial charge on any atom is -0.489 e. The number of hydrogen-bond donors (Lipinski definition) is 2. The number of rotatable bonds is 11. The van der Waals surface area contributed by atoms with Crippen LogP contribution in [0.25, 0.3) is 11.1 Å². The first-order valence-electron chi connectivity index (χ1n) is 20.2. The maximum atomic E-state index is 14.3. The van der Waals surface area contributed by atoms with Crippen LogP contribution in [0.5, 0.6) is 11.5 Å². The molecule has 2 aliphatic heterocycles. The van der Waals surface area contributed by atoms with Gasteiger partial charge in [0.1, 0.15) is 36.3 Å². The number of nitrogens with zero attached hydrogens (tertiary/aromatic N) is 3. The van der Waals surface area contributed by atoms with Gasteiger partial charge in [0.2, 0.25) is 11.8 Å². The predicted molar refractivity (Wildman–Crippen MR) is 239 cm³/mol. The number of hydrogen-bond acceptors (Lipinski definition) is 7. The fourth-order valence-corrected chi connectivity index (χ4v) is 8.20. The van der Waals surface area contributed by atoms with Crippen molar-refractivity contribution < 1.29 is 33.8 Å². The number of aliphatic carboxylic acids is 1. The Morgan fingerprint density at radius 1 is 0.841 bits per heavy atom. The highest BCUT2D eigenvalue weighted by atomic mass is 35.5. The van der Waals surface area contributed by atoms with Crippen LogP contribution in [0.4, 0.5) is 5.69 Å². The number of halogens is 2. The quantitative estimate of drug-likeness (QED) is 0.131. The summed E-state index contributed by atoms with van der Waals surface area (Å²) < 4.78 is 12.5. The van der Waals surface area contributed by atoms with E-state index in [9.17, 15) is 24.3 Å². The number of amides is 3. The molecule has 0 bridgehead atoms. The first-order valence-corrected chi connectivity index (χ1v) is 21.0. The van der Waals surface area contributed by atoms with Crippen LogP contribution < -0.4 is 19.7 Å². The van der Waals surface area contributed by atoms with E-state index in [2.05, 4.69) is 11.4 Å². The van der Waals surface area contributed by atoms with E-state index in [-0.39, 0.29) is 38.4 Å². The second kappa shape index (κ2) is 18.5. The van der Waals surface area contributed by atoms with Crippen molar-refractivity contribution in [2.75, 3.05) is 11.4 Å². The summed E-state index contributed by atoms with van der Waals surface area (Å²) in [6.45, 7) is 2.02. The molecule has 0 saturated heterocycles. The van der Waals surface area contributed by atoms with Gasteiger partial charge < -0.3 is 29.7 Å². The molecule has 2 aliphatic rings. The van der Waals surface area contributed by atoms with E-state index in [0.717, 1.165) is 33.4 Å². The second-order valence-electron chi connectivity index (χ2n) is 15.4. The van der Waals surface area contributed by atoms with E-state index in [1.807, 2.05) is 66.7 Å². The third-order valence-corrected chi connectivity index (χ3v) is 12.0. The molecule has 2 N–H and O–H groups in total. The number of carboxylic acids is 1. The molecule has 11 nitrogen and oxygen atoms in total. The van der Waals surface area contributed by atoms with Crippen LogP contribution in [0, 0.1) is 11.3 Å². The van der Waals surface area contributed by atoms with Crippen LogP contribution >= 0.6 is 23.2 Å². The zero-order valence-corrected chi connectivity index (χ0v) is 35.5. The Bertz CT molecular complexity index is 2740. The monoisotopic (exact) mass is 878 g/mol. The van der Waals surface area contributed by atoms with Crippen LogP contribution in [-0.4, -0.2) is 52.3 Å². The van der Waals surface area contributed by atoms with Gasteiger partial charge in [-0.3, -0.25) is 14.4 Å². The average Bonchev–Trinajstić information content (AvgIpc) is 3.30. The van der Waals surface area contributed by atoms with Crippen molar-refractivity contribution in [3.05, 3.63) is 182 Å². The largest absolute Gasteiger partial charge is 0.489 e. The Kier molecular flexibility index (Phi) is 12.5. The zero-order chi connectivity index (χ0) is 44.2. The summed E-state index contributed by atoms with van der Waals surface area (Å²) in [5, 5.41) is 23.1. The number of nitrogens with one attached hydrogen (secondary N) is 1. The van der Waals surface area contributed by atoms with Gasteiger partial charge in [0.05, 0.1) is 33.9 Å². The summed E-state index contributed by atoms with van der Waals surface area (Å²) in [6, 6.07) is 39.2. The second-order valence-corrected chi connectivity index (χ2v) is 16.3. The van der Waals surface area contributed by atoms with Crippen molar-refractivity contribution in [2.24, 2.45) is 0 Å². The summed E-state index contributed by atoms with van der Waals surface area (Å²) in [5.41, 5.74) is 7.07. The standard InChI is InChI=1S/C50H40Cl2N4O7/c1-30(57)55-28-47(36-16-18-40(19-17-36)62-29-33-11-20-41(51)42(52)21-33)63-46-25-39-27-56(49(59)37-5-3-2-4-6-37)45(24-38(39)23-44(46)55)48(58)54-43(50(60)61)22-31-7-12-34(13-8-31)35-14-9-32(26-53)10-15-35/h2-21,23,25,43,45,47H,22,24,27-29H2,1H3,(H,54,58)(H,60,61)/t43-,45?,47+/m0/s1. The van der Waals surface area contributed by atoms with Crippen molar-refractivity contribution in [2.45, 2.75) is 51.1 Å². The first-order chi connectivity index (χ1) is 30.4. The van der Waals surface area contributed by atoms with Gasteiger partial charge in [0, 0.05) is 31.9 Å². The molecule has 6 aromatic rings. The van der Waals surface area contributed by atoms with Gasteiger partial charge >= 0.3 is 5.97 Å². The molecule has 0 spiro atoms. The molecular formula is C50H40Cl2N4O7. The number of carboxylic acid groups (broad SMARTS) is 1. The van der Waals surface area contributed by atoms with Gasteiger partial charge in [0.25, 0.3) is 5.91 Å². The molecule has 0 aliphatic carbocycles. The minimum absolute atomic E-state index is 0.00126. The topological polar surface area (TPSA) is 149 Å². The molecule has 3 amide bonds. The lowest BCUT2D eigenvalue weighted by atomic mass is 9.90. The number of carbonyl (C=O) groups is 4. The third-order valence-electron chi connectivity index (χ3n) is 11.3. The van der Waals surface area contributed by atoms with Crippen molar-refractivity contribution >= 4 is 52.6 Å². The van der Waals surface area contributed by atoms with Gasteiger partial charge in [-0.2, -0.15) is 5.26 Å². The highest BCUT2D eigenvalue weighted by Crippen LogP contribution is 2.42. The summed E-state index contributed by atoms with van der Waals surface area (Å²) in [6.07, 6.45) is -0.455. The third kappa shape index (κ3) is 9.53. The molecular weight excluding hydrogens is 839 g/mol. The molecule has 0 aromatic heterocycles. The Hall–Kier alpha value is -7.13. The average molecular weight is 880 g/mol. The van der Waals surface area contributed by atoms with Gasteiger partial charge in [0.15, 0.2) is 0 Å². The van der Waals surface area contributed by atoms with Crippen molar-refractivity contribution in [3.8, 4) is 28.7 Å². The molecule has 13 heteroatoms. The van der Waals surface area contributed by atoms with Crippen LogP contribution in [-0.2, 0) is 40.4 Å². The Balaban J connectivity index is 1.02. The van der Waals surface area contributed by atoms with Gasteiger partial charge in [-0.25, -0.2) is 4.79 Å². The summed E-state index contributed by atoms with van der Waals surface area (Å²) >= 11 is 12.2. The molecule has 3 atom stereocenters. The van der Waals surface area contributed by atoms with Crippen molar-refractivity contribution in [1.82, 2.24) is 10.2 Å². The minimum atomic E-state index is -1.29. The van der Waals surface area contributed by atoms with Crippen molar-refractivity contribution in [3.63, 3.8) is 0 Å². The smallest absolute Gasteiger partial charge is 0.326 e. The predicted octanol–water partition coefficient (Wildman–Crippen LogP) is 8.98. The lowest BCUT2D eigenvalue weighted by molar-refractivity contribution is -0.142. The zero-order valence-electron chi connectivity index (χ0n) is 34.0. The normalized spacial score (nSPS) is 15.8. The summed E-state index contributed by atoms with van der Waals surface area (Å²) in [7, 11) is 0. The van der Waals surface area contributed by atoms with Crippen LogP contribution in [0.1, 0.15) is 56.8 Å². The highest BCUT2D eigenvalue weighted by Gasteiger charge is 2.39. The van der Waals surface area contributed by atoms with E-state index in [1.165, 1.54) is 11.8 Å². The fraction of sp³-hybridized carbons (Fsp3) is 0.180. The van der Waals surface area contributed by atoms with Gasteiger partial charge in [-0.05, 0) is 99.6 Å². The Labute approximate surface area is 374 Å². The first kappa shape index (κ1) is 42.6. The molecule has 1 unspecified atom stereocenters. The number of nitriles is 1. The molecule has 8 rings (SSSR count). The van der Waals surface area contributed by atoms with Gasteiger partial charge in [-0.1, -0.05) is 96.0 Å². The summed E-state index contributed by atoms with van der Waals surface area (Å²) in [4.78, 5) is 57.4. The summed E-state index contributed by atoms with van der Waals surface area (Å²) in [5.74, 6) is -1.36. The molecule has 0 radical (unpaired) electrons. The van der Waals surface area contributed by atoms with E-state index >= 15 is 0 Å². The maximum Gasteiger partial charge on any atom is 0.326 e. The van der Waals surface area contributed by atoms with E-state index in [4.69, 9.17) is 37.9 Å². The van der Waals surface area contributed by atoms with E-state index in [1.54, 1.807) is 71.6 Å². The number of anilines is 1. The lowest BCUT2D eigenvalue weighted by Crippen LogP contribution is -2.56. The molecule has 316 valence electrons. The van der Waals surface area contributed by atoms with Crippen LogP contribution in [0.3, 0.4) is 0 Å². The number of carbonyl (C=O) groups excluding carboxylic acids is 3. The Morgan fingerprint density at radius 2 is 1.52 bits per heavy atom. The number of ether oxygens (including phenoxy) is 2. The van der Waals surface area contributed by atoms with Crippen LogP contribution in [0.15, 0.2) is 133 Å². The number of fused-ring (bicyclic) bond motifs is 2. The maximum absolute atomic E-state index is 14.3. The Morgan fingerprint density at radius 3 is 2.17 bits per heavy atom. The molecule has 6 aromatic carbocycles. The van der Waals surface area contributed by atoms with E-state index in [0.29, 0.717) is 43.9 Å². The number of benzene rings is 6. The highest BCUT2D eigenvalue weighted by molar-refractivity contribution is 6.42. The molecule has 0 fully saturated rings. The van der Waals surface area contributed by atoms with Crippen molar-refractivity contribution in [1.29, 1.82) is 5.26 Å². The fourth-order valence-electron chi connectivity index (χ4n) is 7.88. The lowest BCUT2D eigenvalue weighted by Gasteiger charge is -2.39. The molecule has 63 heavy (non-hydrogen) atoms. The van der Waals surface area contributed by atoms with Crippen LogP contribution in [0.2, 0.25) is 10.0 Å².